The molecule has 0 aliphatic heterocycles. The van der Waals surface area contributed by atoms with Crippen molar-refractivity contribution in [2.24, 2.45) is 0 Å². The van der Waals surface area contributed by atoms with E-state index in [4.69, 9.17) is 13.6 Å². The van der Waals surface area contributed by atoms with Crippen LogP contribution in [0.4, 0.5) is 0 Å². The Kier molecular flexibility index (Phi) is 5.11. The van der Waals surface area contributed by atoms with E-state index in [0.717, 1.165) is 0 Å². The van der Waals surface area contributed by atoms with E-state index in [1.54, 1.807) is 55.8 Å². The van der Waals surface area contributed by atoms with Crippen molar-refractivity contribution in [2.75, 3.05) is 13.7 Å². The van der Waals surface area contributed by atoms with Crippen LogP contribution in [0.15, 0.2) is 76.0 Å². The highest BCUT2D eigenvalue weighted by atomic mass is 16.5. The zero-order chi connectivity index (χ0) is 20.2. The average Bonchev–Trinajstić information content (AvgIpc) is 3.45. The van der Waals surface area contributed by atoms with Gasteiger partial charge in [0, 0.05) is 12.4 Å². The van der Waals surface area contributed by atoms with E-state index in [1.165, 1.54) is 11.2 Å². The molecule has 0 aliphatic carbocycles. The van der Waals surface area contributed by atoms with Gasteiger partial charge in [-0.1, -0.05) is 18.2 Å². The van der Waals surface area contributed by atoms with Crippen LogP contribution in [-0.4, -0.2) is 35.4 Å². The van der Waals surface area contributed by atoms with Crippen LogP contribution in [0.5, 0.6) is 0 Å². The number of nitrogens with zero attached hydrogens (tertiary/aromatic N) is 2. The second kappa shape index (κ2) is 8.02. The molecule has 29 heavy (non-hydrogen) atoms. The van der Waals surface area contributed by atoms with Crippen molar-refractivity contribution in [3.63, 3.8) is 0 Å². The Bertz CT molecular complexity index is 1130. The summed E-state index contributed by atoms with van der Waals surface area (Å²) in [4.78, 5) is 31.0. The highest BCUT2D eigenvalue weighted by molar-refractivity contribution is 6.05. The molecule has 0 saturated heterocycles. The molecule has 0 saturated carbocycles. The number of ether oxygens (including phenoxy) is 1. The van der Waals surface area contributed by atoms with Crippen molar-refractivity contribution < 1.29 is 23.2 Å². The van der Waals surface area contributed by atoms with Crippen molar-refractivity contribution >= 4 is 22.8 Å². The van der Waals surface area contributed by atoms with Gasteiger partial charge in [0.1, 0.15) is 11.5 Å². The molecular formula is C22H18N2O5. The average molecular weight is 390 g/mol. The second-order valence-corrected chi connectivity index (χ2v) is 6.45. The Labute approximate surface area is 166 Å². The first kappa shape index (κ1) is 18.5. The summed E-state index contributed by atoms with van der Waals surface area (Å²) in [5.41, 5.74) is 1.47. The van der Waals surface area contributed by atoms with Crippen LogP contribution in [0.1, 0.15) is 16.1 Å². The zero-order valence-corrected chi connectivity index (χ0v) is 15.7. The van der Waals surface area contributed by atoms with E-state index < -0.39 is 5.97 Å². The molecule has 0 spiro atoms. The van der Waals surface area contributed by atoms with Crippen LogP contribution >= 0.6 is 0 Å². The molecule has 146 valence electrons. The molecule has 0 atom stereocenters. The molecule has 0 bridgehead atoms. The Hall–Kier alpha value is -3.87. The monoisotopic (exact) mass is 390 g/mol. The Morgan fingerprint density at radius 3 is 2.59 bits per heavy atom. The quantitative estimate of drug-likeness (QED) is 0.464. The first-order valence-electron chi connectivity index (χ1n) is 8.99. The number of pyridine rings is 1. The number of para-hydroxylation sites is 1. The second-order valence-electron chi connectivity index (χ2n) is 6.45. The Morgan fingerprint density at radius 1 is 1.03 bits per heavy atom. The minimum atomic E-state index is -0.601. The van der Waals surface area contributed by atoms with Gasteiger partial charge in [0.05, 0.1) is 30.2 Å². The minimum absolute atomic E-state index is 0.296. The largest absolute Gasteiger partial charge is 0.467 e. The SMILES string of the molecule is CN(Cc1ccco1)C(=O)COC(=O)c1cc(-c2ccco2)nc2ccccc12. The lowest BCUT2D eigenvalue weighted by Crippen LogP contribution is -2.30. The van der Waals surface area contributed by atoms with E-state index in [2.05, 4.69) is 4.98 Å². The van der Waals surface area contributed by atoms with Gasteiger partial charge in [-0.3, -0.25) is 4.79 Å². The van der Waals surface area contributed by atoms with Gasteiger partial charge in [-0.25, -0.2) is 9.78 Å². The van der Waals surface area contributed by atoms with E-state index >= 15 is 0 Å². The smallest absolute Gasteiger partial charge is 0.339 e. The highest BCUT2D eigenvalue weighted by Crippen LogP contribution is 2.25. The molecule has 0 radical (unpaired) electrons. The van der Waals surface area contributed by atoms with Gasteiger partial charge in [0.15, 0.2) is 12.4 Å². The summed E-state index contributed by atoms with van der Waals surface area (Å²) < 4.78 is 15.9. The number of aromatic nitrogens is 1. The van der Waals surface area contributed by atoms with Crippen LogP contribution in [0, 0.1) is 0 Å². The third kappa shape index (κ3) is 4.03. The molecule has 1 amide bonds. The number of furan rings is 2. The van der Waals surface area contributed by atoms with Crippen LogP contribution in [-0.2, 0) is 16.1 Å². The van der Waals surface area contributed by atoms with Crippen molar-refractivity contribution in [3.05, 3.63) is 78.4 Å². The van der Waals surface area contributed by atoms with Crippen molar-refractivity contribution in [1.29, 1.82) is 0 Å². The maximum Gasteiger partial charge on any atom is 0.339 e. The van der Waals surface area contributed by atoms with E-state index in [1.807, 2.05) is 12.1 Å². The number of likely N-dealkylation sites (N-methyl/N-ethyl adjacent to an activating group) is 1. The maximum absolute atomic E-state index is 12.8. The summed E-state index contributed by atoms with van der Waals surface area (Å²) in [6.45, 7) is -0.0764. The van der Waals surface area contributed by atoms with Crippen molar-refractivity contribution in [1.82, 2.24) is 9.88 Å². The molecule has 7 nitrogen and oxygen atoms in total. The first-order chi connectivity index (χ1) is 14.1. The summed E-state index contributed by atoms with van der Waals surface area (Å²) >= 11 is 0. The third-order valence-electron chi connectivity index (χ3n) is 4.44. The van der Waals surface area contributed by atoms with E-state index in [0.29, 0.717) is 40.2 Å². The molecule has 4 aromatic rings. The number of benzene rings is 1. The molecule has 1 aromatic carbocycles. The van der Waals surface area contributed by atoms with Gasteiger partial charge >= 0.3 is 5.97 Å². The topological polar surface area (TPSA) is 85.8 Å². The third-order valence-corrected chi connectivity index (χ3v) is 4.44. The predicted molar refractivity (Wildman–Crippen MR) is 105 cm³/mol. The molecule has 0 aliphatic rings. The van der Waals surface area contributed by atoms with Crippen molar-refractivity contribution in [3.8, 4) is 11.5 Å². The van der Waals surface area contributed by atoms with Gasteiger partial charge in [0.25, 0.3) is 5.91 Å². The summed E-state index contributed by atoms with van der Waals surface area (Å²) in [5.74, 6) is 0.255. The molecule has 0 unspecified atom stereocenters. The van der Waals surface area contributed by atoms with Gasteiger partial charge in [-0.2, -0.15) is 0 Å². The van der Waals surface area contributed by atoms with Crippen molar-refractivity contribution in [2.45, 2.75) is 6.54 Å². The van der Waals surface area contributed by atoms with Gasteiger partial charge in [-0.15, -0.1) is 0 Å². The number of carbonyl (C=O) groups excluding carboxylic acids is 2. The fraction of sp³-hybridized carbons (Fsp3) is 0.136. The van der Waals surface area contributed by atoms with Crippen LogP contribution in [0.3, 0.4) is 0 Å². The molecule has 3 heterocycles. The zero-order valence-electron chi connectivity index (χ0n) is 15.7. The number of fused-ring (bicyclic) bond motifs is 1. The number of esters is 1. The number of hydrogen-bond acceptors (Lipinski definition) is 6. The molecule has 0 N–H and O–H groups in total. The van der Waals surface area contributed by atoms with E-state index in [-0.39, 0.29) is 12.5 Å². The predicted octanol–water partition coefficient (Wildman–Crippen LogP) is 3.90. The van der Waals surface area contributed by atoms with Crippen LogP contribution in [0.2, 0.25) is 0 Å². The summed E-state index contributed by atoms with van der Waals surface area (Å²) in [6.07, 6.45) is 3.08. The highest BCUT2D eigenvalue weighted by Gasteiger charge is 2.19. The number of amides is 1. The Morgan fingerprint density at radius 2 is 1.83 bits per heavy atom. The maximum atomic E-state index is 12.8. The molecule has 0 fully saturated rings. The van der Waals surface area contributed by atoms with Crippen LogP contribution in [0.25, 0.3) is 22.4 Å². The summed E-state index contributed by atoms with van der Waals surface area (Å²) in [5, 5.41) is 0.643. The van der Waals surface area contributed by atoms with Gasteiger partial charge < -0.3 is 18.5 Å². The fourth-order valence-corrected chi connectivity index (χ4v) is 2.93. The standard InChI is InChI=1S/C22H18N2O5/c1-24(13-15-6-4-10-27-15)21(25)14-29-22(26)17-12-19(20-9-5-11-28-20)23-18-8-3-2-7-16(17)18/h2-12H,13-14H2,1H3. The number of rotatable bonds is 6. The van der Waals surface area contributed by atoms with Gasteiger partial charge in [0.2, 0.25) is 0 Å². The van der Waals surface area contributed by atoms with Gasteiger partial charge in [-0.05, 0) is 36.4 Å². The number of carbonyl (C=O) groups is 2. The lowest BCUT2D eigenvalue weighted by atomic mass is 10.1. The first-order valence-corrected chi connectivity index (χ1v) is 8.99. The lowest BCUT2D eigenvalue weighted by Gasteiger charge is -2.16. The Balaban J connectivity index is 1.52. The molecule has 4 rings (SSSR count). The molecule has 7 heteroatoms. The van der Waals surface area contributed by atoms with Crippen LogP contribution < -0.4 is 0 Å². The summed E-state index contributed by atoms with van der Waals surface area (Å²) in [7, 11) is 1.62. The fourth-order valence-electron chi connectivity index (χ4n) is 2.93. The number of hydrogen-bond donors (Lipinski definition) is 0. The minimum Gasteiger partial charge on any atom is -0.467 e. The normalized spacial score (nSPS) is 10.8. The lowest BCUT2D eigenvalue weighted by molar-refractivity contribution is -0.133. The summed E-state index contributed by atoms with van der Waals surface area (Å²) in [6, 6.07) is 15.9. The van der Waals surface area contributed by atoms with E-state index in [9.17, 15) is 9.59 Å². The molecular weight excluding hydrogens is 372 g/mol. The molecule has 3 aromatic heterocycles.